The Morgan fingerprint density at radius 1 is 1.50 bits per heavy atom. The van der Waals surface area contributed by atoms with Crippen molar-refractivity contribution in [1.29, 1.82) is 0 Å². The number of thiophene rings is 1. The van der Waals surface area contributed by atoms with Crippen molar-refractivity contribution < 1.29 is 19.6 Å². The Hall–Kier alpha value is -1.67. The second-order valence-corrected chi connectivity index (χ2v) is 7.27. The van der Waals surface area contributed by atoms with Crippen molar-refractivity contribution in [3.63, 3.8) is 0 Å². The van der Waals surface area contributed by atoms with Crippen LogP contribution in [0.5, 0.6) is 5.75 Å². The van der Waals surface area contributed by atoms with Crippen LogP contribution in [0.4, 0.5) is 5.00 Å². The molecule has 2 atom stereocenters. The lowest BCUT2D eigenvalue weighted by Crippen LogP contribution is -2.55. The predicted octanol–water partition coefficient (Wildman–Crippen LogP) is 2.24. The van der Waals surface area contributed by atoms with Crippen molar-refractivity contribution >= 4 is 22.2 Å². The lowest BCUT2D eigenvalue weighted by molar-refractivity contribution is -0.380. The summed E-state index contributed by atoms with van der Waals surface area (Å²) in [5.41, 5.74) is -0.912. The van der Waals surface area contributed by atoms with Gasteiger partial charge < -0.3 is 14.7 Å². The standard InChI is InChI=1S/C14H18N2O5S/c1-14(2)13(18)11(15-6-4-3-5-9(15)17)12-8(21-14)7-10(22-12)16(19)20/h7,11,13,18H,3-6H2,1-2H3/t11-,13+/m0/s1. The molecule has 2 aliphatic rings. The minimum absolute atomic E-state index is 0.0185. The quantitative estimate of drug-likeness (QED) is 0.664. The highest BCUT2D eigenvalue weighted by Crippen LogP contribution is 2.49. The van der Waals surface area contributed by atoms with E-state index in [0.717, 1.165) is 24.2 Å². The number of aliphatic hydroxyl groups excluding tert-OH is 1. The maximum Gasteiger partial charge on any atom is 0.328 e. The number of piperidine rings is 1. The first-order chi connectivity index (χ1) is 10.3. The van der Waals surface area contributed by atoms with Crippen LogP contribution in [0.3, 0.4) is 0 Å². The van der Waals surface area contributed by atoms with E-state index in [-0.39, 0.29) is 10.9 Å². The van der Waals surface area contributed by atoms with Gasteiger partial charge in [0.1, 0.15) is 17.5 Å². The van der Waals surface area contributed by atoms with Crippen LogP contribution >= 0.6 is 11.3 Å². The minimum Gasteiger partial charge on any atom is -0.484 e. The topological polar surface area (TPSA) is 92.9 Å². The van der Waals surface area contributed by atoms with Crippen LogP contribution in [0.25, 0.3) is 0 Å². The molecule has 0 saturated carbocycles. The van der Waals surface area contributed by atoms with Crippen LogP contribution in [0.1, 0.15) is 44.0 Å². The fraction of sp³-hybridized carbons (Fsp3) is 0.643. The second kappa shape index (κ2) is 5.20. The van der Waals surface area contributed by atoms with Crippen LogP contribution in [0.2, 0.25) is 0 Å². The third kappa shape index (κ3) is 2.36. The van der Waals surface area contributed by atoms with E-state index in [1.165, 1.54) is 6.07 Å². The van der Waals surface area contributed by atoms with E-state index in [9.17, 15) is 20.0 Å². The Bertz CT molecular complexity index is 627. The first-order valence-electron chi connectivity index (χ1n) is 7.26. The molecule has 1 amide bonds. The molecule has 22 heavy (non-hydrogen) atoms. The van der Waals surface area contributed by atoms with Gasteiger partial charge in [0.05, 0.1) is 21.9 Å². The fourth-order valence-electron chi connectivity index (χ4n) is 3.05. The lowest BCUT2D eigenvalue weighted by atomic mass is 9.88. The molecule has 1 fully saturated rings. The first-order valence-corrected chi connectivity index (χ1v) is 8.07. The van der Waals surface area contributed by atoms with E-state index in [4.69, 9.17) is 4.74 Å². The molecule has 7 nitrogen and oxygen atoms in total. The number of fused-ring (bicyclic) bond motifs is 1. The first kappa shape index (κ1) is 15.2. The van der Waals surface area contributed by atoms with Gasteiger partial charge in [0.15, 0.2) is 0 Å². The Kier molecular flexibility index (Phi) is 3.60. The van der Waals surface area contributed by atoms with E-state index in [1.807, 2.05) is 0 Å². The highest BCUT2D eigenvalue weighted by Gasteiger charge is 2.48. The fourth-order valence-corrected chi connectivity index (χ4v) is 4.10. The van der Waals surface area contributed by atoms with E-state index in [1.54, 1.807) is 18.7 Å². The largest absolute Gasteiger partial charge is 0.484 e. The zero-order valence-corrected chi connectivity index (χ0v) is 13.3. The Morgan fingerprint density at radius 3 is 2.86 bits per heavy atom. The third-order valence-electron chi connectivity index (χ3n) is 4.24. The monoisotopic (exact) mass is 326 g/mol. The summed E-state index contributed by atoms with van der Waals surface area (Å²) in [5.74, 6) is 0.380. The van der Waals surface area contributed by atoms with E-state index < -0.39 is 22.7 Å². The molecule has 0 bridgehead atoms. The third-order valence-corrected chi connectivity index (χ3v) is 5.38. The molecule has 1 N–H and O–H groups in total. The molecule has 3 heterocycles. The molecular formula is C14H18N2O5S. The molecular weight excluding hydrogens is 308 g/mol. The zero-order valence-electron chi connectivity index (χ0n) is 12.4. The summed E-state index contributed by atoms with van der Waals surface area (Å²) in [7, 11) is 0. The van der Waals surface area contributed by atoms with Gasteiger partial charge in [0.2, 0.25) is 5.91 Å². The number of nitrogens with zero attached hydrogens (tertiary/aromatic N) is 2. The number of amides is 1. The summed E-state index contributed by atoms with van der Waals surface area (Å²) in [5, 5.41) is 21.7. The summed E-state index contributed by atoms with van der Waals surface area (Å²) in [6.07, 6.45) is 1.24. The molecule has 0 aromatic carbocycles. The highest BCUT2D eigenvalue weighted by molar-refractivity contribution is 7.15. The van der Waals surface area contributed by atoms with Crippen LogP contribution in [0, 0.1) is 10.1 Å². The summed E-state index contributed by atoms with van der Waals surface area (Å²) in [6.45, 7) is 4.01. The maximum atomic E-state index is 12.2. The lowest BCUT2D eigenvalue weighted by Gasteiger charge is -2.45. The van der Waals surface area contributed by atoms with E-state index >= 15 is 0 Å². The second-order valence-electron chi connectivity index (χ2n) is 6.21. The number of rotatable bonds is 2. The Balaban J connectivity index is 2.07. The summed E-state index contributed by atoms with van der Waals surface area (Å²) < 4.78 is 5.74. The summed E-state index contributed by atoms with van der Waals surface area (Å²) >= 11 is 0.974. The Labute approximate surface area is 131 Å². The molecule has 0 radical (unpaired) electrons. The van der Waals surface area contributed by atoms with Crippen LogP contribution in [-0.4, -0.2) is 39.1 Å². The number of hydrogen-bond donors (Lipinski definition) is 1. The number of ether oxygens (including phenoxy) is 1. The van der Waals surface area contributed by atoms with Crippen LogP contribution in [-0.2, 0) is 4.79 Å². The highest BCUT2D eigenvalue weighted by atomic mass is 32.1. The average molecular weight is 326 g/mol. The Morgan fingerprint density at radius 2 is 2.23 bits per heavy atom. The van der Waals surface area contributed by atoms with Crippen LogP contribution < -0.4 is 4.74 Å². The molecule has 1 aromatic heterocycles. The van der Waals surface area contributed by atoms with Gasteiger partial charge in [-0.25, -0.2) is 0 Å². The molecule has 120 valence electrons. The van der Waals surface area contributed by atoms with E-state index in [2.05, 4.69) is 0 Å². The van der Waals surface area contributed by atoms with Crippen molar-refractivity contribution in [2.75, 3.05) is 6.54 Å². The number of hydrogen-bond acceptors (Lipinski definition) is 6. The number of likely N-dealkylation sites (tertiary alicyclic amines) is 1. The van der Waals surface area contributed by atoms with Crippen molar-refractivity contribution in [3.05, 3.63) is 21.1 Å². The van der Waals surface area contributed by atoms with Gasteiger partial charge in [-0.3, -0.25) is 14.9 Å². The molecule has 1 aromatic rings. The number of carbonyl (C=O) groups excluding carboxylic acids is 1. The number of nitro groups is 1. The van der Waals surface area contributed by atoms with Gasteiger partial charge in [-0.1, -0.05) is 11.3 Å². The number of aliphatic hydroxyl groups is 1. The average Bonchev–Trinajstić information content (AvgIpc) is 2.84. The molecule has 8 heteroatoms. The van der Waals surface area contributed by atoms with Crippen molar-refractivity contribution in [2.45, 2.75) is 50.9 Å². The van der Waals surface area contributed by atoms with Gasteiger partial charge in [0, 0.05) is 13.0 Å². The predicted molar refractivity (Wildman–Crippen MR) is 80.0 cm³/mol. The van der Waals surface area contributed by atoms with Gasteiger partial charge in [-0.05, 0) is 26.7 Å². The molecule has 0 spiro atoms. The zero-order chi connectivity index (χ0) is 16.1. The molecule has 1 saturated heterocycles. The number of carbonyl (C=O) groups is 1. The van der Waals surface area contributed by atoms with Gasteiger partial charge in [-0.2, -0.15) is 0 Å². The smallest absolute Gasteiger partial charge is 0.328 e. The minimum atomic E-state index is -0.930. The molecule has 3 rings (SSSR count). The van der Waals surface area contributed by atoms with Gasteiger partial charge in [-0.15, -0.1) is 0 Å². The maximum absolute atomic E-state index is 12.2. The van der Waals surface area contributed by atoms with Crippen molar-refractivity contribution in [1.82, 2.24) is 4.90 Å². The molecule has 0 unspecified atom stereocenters. The van der Waals surface area contributed by atoms with E-state index in [0.29, 0.717) is 23.6 Å². The molecule has 0 aliphatic carbocycles. The van der Waals surface area contributed by atoms with Crippen LogP contribution in [0.15, 0.2) is 6.07 Å². The normalized spacial score (nSPS) is 27.2. The SMILES string of the molecule is CC1(C)Oc2cc([N+](=O)[O-])sc2[C@H](N2CCCCC2=O)[C@H]1O. The van der Waals surface area contributed by atoms with Gasteiger partial charge >= 0.3 is 5.00 Å². The summed E-state index contributed by atoms with van der Waals surface area (Å²) in [4.78, 5) is 25.0. The molecule has 2 aliphatic heterocycles. The van der Waals surface area contributed by atoms with Crippen molar-refractivity contribution in [3.8, 4) is 5.75 Å². The van der Waals surface area contributed by atoms with Crippen molar-refractivity contribution in [2.24, 2.45) is 0 Å². The summed E-state index contributed by atoms with van der Waals surface area (Å²) in [6, 6.07) is 0.806. The van der Waals surface area contributed by atoms with Gasteiger partial charge in [0.25, 0.3) is 0 Å².